The van der Waals surface area contributed by atoms with Gasteiger partial charge >= 0.3 is 0 Å². The summed E-state index contributed by atoms with van der Waals surface area (Å²) in [5.41, 5.74) is 7.39. The third-order valence-electron chi connectivity index (χ3n) is 5.10. The number of aromatic nitrogens is 2. The molecule has 0 spiro atoms. The van der Waals surface area contributed by atoms with Gasteiger partial charge in [-0.15, -0.1) is 0 Å². The van der Waals surface area contributed by atoms with E-state index in [1.54, 1.807) is 0 Å². The van der Waals surface area contributed by atoms with Gasteiger partial charge in [0, 0.05) is 30.1 Å². The summed E-state index contributed by atoms with van der Waals surface area (Å²) in [5, 5.41) is 4.03. The largest absolute Gasteiger partial charge is 0.338 e. The second kappa shape index (κ2) is 5.70. The molecule has 6 nitrogen and oxygen atoms in total. The average molecular weight is 326 g/mol. The molecule has 126 valence electrons. The Balaban J connectivity index is 1.48. The molecule has 2 aliphatic rings. The zero-order chi connectivity index (χ0) is 16.7. The van der Waals surface area contributed by atoms with Gasteiger partial charge in [0.25, 0.3) is 11.8 Å². The lowest BCUT2D eigenvalue weighted by Gasteiger charge is -2.22. The molecule has 1 saturated heterocycles. The first-order valence-electron chi connectivity index (χ1n) is 8.51. The Bertz CT molecular complexity index is 751. The molecule has 0 bridgehead atoms. The molecule has 1 atom stereocenters. The Kier molecular flexibility index (Phi) is 3.64. The van der Waals surface area contributed by atoms with Crippen LogP contribution in [0.15, 0.2) is 28.8 Å². The molecule has 2 aromatic rings. The van der Waals surface area contributed by atoms with Crippen LogP contribution in [0.3, 0.4) is 0 Å². The average Bonchev–Trinajstić information content (AvgIpc) is 3.21. The van der Waals surface area contributed by atoms with Crippen molar-refractivity contribution in [1.29, 1.82) is 0 Å². The van der Waals surface area contributed by atoms with Crippen molar-refractivity contribution < 1.29 is 9.32 Å². The fraction of sp³-hybridized carbons (Fsp3) is 0.500. The summed E-state index contributed by atoms with van der Waals surface area (Å²) in [7, 11) is 0. The van der Waals surface area contributed by atoms with E-state index in [-0.39, 0.29) is 11.3 Å². The molecule has 1 aliphatic carbocycles. The van der Waals surface area contributed by atoms with Gasteiger partial charge in [-0.3, -0.25) is 4.79 Å². The number of carbonyl (C=O) groups is 1. The molecule has 1 unspecified atom stereocenters. The van der Waals surface area contributed by atoms with Gasteiger partial charge in [-0.2, -0.15) is 4.98 Å². The van der Waals surface area contributed by atoms with E-state index in [9.17, 15) is 4.79 Å². The van der Waals surface area contributed by atoms with Crippen LogP contribution in [0.5, 0.6) is 0 Å². The predicted octanol–water partition coefficient (Wildman–Crippen LogP) is 2.42. The van der Waals surface area contributed by atoms with E-state index in [1.165, 1.54) is 0 Å². The summed E-state index contributed by atoms with van der Waals surface area (Å²) >= 11 is 0. The van der Waals surface area contributed by atoms with Crippen molar-refractivity contribution in [3.8, 4) is 11.5 Å². The molecule has 0 radical (unpaired) electrons. The lowest BCUT2D eigenvalue weighted by molar-refractivity contribution is 0.0777. The Labute approximate surface area is 141 Å². The van der Waals surface area contributed by atoms with E-state index < -0.39 is 0 Å². The van der Waals surface area contributed by atoms with Crippen LogP contribution in [0.4, 0.5) is 0 Å². The maximum absolute atomic E-state index is 12.6. The molecule has 1 saturated carbocycles. The van der Waals surface area contributed by atoms with E-state index in [2.05, 4.69) is 17.1 Å². The van der Waals surface area contributed by atoms with Gasteiger partial charge in [0.15, 0.2) is 5.82 Å². The molecule has 1 aromatic heterocycles. The van der Waals surface area contributed by atoms with E-state index in [4.69, 9.17) is 10.3 Å². The first-order valence-corrected chi connectivity index (χ1v) is 8.51. The predicted molar refractivity (Wildman–Crippen MR) is 89.4 cm³/mol. The lowest BCUT2D eigenvalue weighted by atomic mass is 9.90. The third kappa shape index (κ3) is 2.82. The van der Waals surface area contributed by atoms with Crippen LogP contribution in [-0.2, 0) is 0 Å². The molecule has 1 aliphatic heterocycles. The SMILES string of the molecule is CC1(CN)CCN(C(=O)c2ccc(-c3nc(C4CC4)no3)cc2)C1. The van der Waals surface area contributed by atoms with Gasteiger partial charge in [0.05, 0.1) is 0 Å². The minimum absolute atomic E-state index is 0.0402. The first-order chi connectivity index (χ1) is 11.6. The highest BCUT2D eigenvalue weighted by Gasteiger charge is 2.35. The maximum atomic E-state index is 12.6. The standard InChI is InChI=1S/C18H22N4O2/c1-18(10-19)8-9-22(11-18)17(23)14-6-4-13(5-7-14)16-20-15(21-24-16)12-2-3-12/h4-7,12H,2-3,8-11,19H2,1H3. The zero-order valence-electron chi connectivity index (χ0n) is 13.9. The minimum Gasteiger partial charge on any atom is -0.338 e. The Morgan fingerprint density at radius 3 is 2.75 bits per heavy atom. The summed E-state index contributed by atoms with van der Waals surface area (Å²) in [6, 6.07) is 7.40. The number of hydrogen-bond donors (Lipinski definition) is 1. The van der Waals surface area contributed by atoms with Crippen LogP contribution in [0.25, 0.3) is 11.5 Å². The van der Waals surface area contributed by atoms with Crippen LogP contribution in [0, 0.1) is 5.41 Å². The molecule has 24 heavy (non-hydrogen) atoms. The van der Waals surface area contributed by atoms with Crippen molar-refractivity contribution in [2.45, 2.75) is 32.1 Å². The number of amides is 1. The highest BCUT2D eigenvalue weighted by atomic mass is 16.5. The third-order valence-corrected chi connectivity index (χ3v) is 5.10. The zero-order valence-corrected chi connectivity index (χ0v) is 13.9. The normalized spacial score (nSPS) is 23.7. The van der Waals surface area contributed by atoms with Crippen molar-refractivity contribution in [2.75, 3.05) is 19.6 Å². The second-order valence-corrected chi connectivity index (χ2v) is 7.30. The highest BCUT2D eigenvalue weighted by Crippen LogP contribution is 2.38. The molecule has 2 fully saturated rings. The van der Waals surface area contributed by atoms with Gasteiger partial charge in [-0.25, -0.2) is 0 Å². The van der Waals surface area contributed by atoms with Gasteiger partial charge in [-0.05, 0) is 55.5 Å². The van der Waals surface area contributed by atoms with Crippen LogP contribution < -0.4 is 5.73 Å². The van der Waals surface area contributed by atoms with Gasteiger partial charge in [0.2, 0.25) is 0 Å². The Morgan fingerprint density at radius 1 is 1.38 bits per heavy atom. The molecule has 2 heterocycles. The van der Waals surface area contributed by atoms with Crippen molar-refractivity contribution >= 4 is 5.91 Å². The second-order valence-electron chi connectivity index (χ2n) is 7.30. The number of nitrogens with zero attached hydrogens (tertiary/aromatic N) is 3. The molecule has 4 rings (SSSR count). The molecule has 6 heteroatoms. The number of carbonyl (C=O) groups excluding carboxylic acids is 1. The Morgan fingerprint density at radius 2 is 2.12 bits per heavy atom. The summed E-state index contributed by atoms with van der Waals surface area (Å²) < 4.78 is 5.32. The number of hydrogen-bond acceptors (Lipinski definition) is 5. The molecule has 1 aromatic carbocycles. The van der Waals surface area contributed by atoms with Crippen LogP contribution in [-0.4, -0.2) is 40.6 Å². The number of nitrogens with two attached hydrogens (primary N) is 1. The minimum atomic E-state index is 0.0402. The van der Waals surface area contributed by atoms with Crippen LogP contribution in [0.1, 0.15) is 48.3 Å². The smallest absolute Gasteiger partial charge is 0.257 e. The molecular formula is C18H22N4O2. The van der Waals surface area contributed by atoms with E-state index in [1.807, 2.05) is 29.2 Å². The Hall–Kier alpha value is -2.21. The van der Waals surface area contributed by atoms with Crippen LogP contribution >= 0.6 is 0 Å². The maximum Gasteiger partial charge on any atom is 0.257 e. The molecule has 2 N–H and O–H groups in total. The quantitative estimate of drug-likeness (QED) is 0.932. The summed E-state index contributed by atoms with van der Waals surface area (Å²) in [6.45, 7) is 4.23. The van der Waals surface area contributed by atoms with Crippen LogP contribution in [0.2, 0.25) is 0 Å². The molecule has 1 amide bonds. The lowest BCUT2D eigenvalue weighted by Crippen LogP contribution is -2.34. The van der Waals surface area contributed by atoms with Crippen molar-refractivity contribution in [3.63, 3.8) is 0 Å². The summed E-state index contributed by atoms with van der Waals surface area (Å²) in [4.78, 5) is 19.0. The van der Waals surface area contributed by atoms with E-state index >= 15 is 0 Å². The van der Waals surface area contributed by atoms with Gasteiger partial charge in [-0.1, -0.05) is 12.1 Å². The first kappa shape index (κ1) is 15.3. The van der Waals surface area contributed by atoms with Crippen molar-refractivity contribution in [1.82, 2.24) is 15.0 Å². The fourth-order valence-electron chi connectivity index (χ4n) is 3.16. The van der Waals surface area contributed by atoms with E-state index in [0.717, 1.165) is 43.7 Å². The fourth-order valence-corrected chi connectivity index (χ4v) is 3.16. The number of rotatable bonds is 4. The van der Waals surface area contributed by atoms with Crippen molar-refractivity contribution in [2.24, 2.45) is 11.1 Å². The summed E-state index contributed by atoms with van der Waals surface area (Å²) in [5.74, 6) is 1.84. The highest BCUT2D eigenvalue weighted by molar-refractivity contribution is 5.94. The number of likely N-dealkylation sites (tertiary alicyclic amines) is 1. The van der Waals surface area contributed by atoms with Gasteiger partial charge in [0.1, 0.15) is 0 Å². The molecular weight excluding hydrogens is 304 g/mol. The monoisotopic (exact) mass is 326 g/mol. The summed E-state index contributed by atoms with van der Waals surface area (Å²) in [6.07, 6.45) is 3.24. The van der Waals surface area contributed by atoms with Crippen molar-refractivity contribution in [3.05, 3.63) is 35.7 Å². The topological polar surface area (TPSA) is 85.2 Å². The number of benzene rings is 1. The van der Waals surface area contributed by atoms with Gasteiger partial charge < -0.3 is 15.2 Å². The van der Waals surface area contributed by atoms with E-state index in [0.29, 0.717) is 23.9 Å².